The fourth-order valence-corrected chi connectivity index (χ4v) is 2.03. The Morgan fingerprint density at radius 1 is 1.10 bits per heavy atom. The van der Waals surface area contributed by atoms with E-state index in [1.807, 2.05) is 37.3 Å². The number of anilines is 1. The first-order valence-corrected chi connectivity index (χ1v) is 6.72. The number of amides is 1. The molecule has 0 radical (unpaired) electrons. The van der Waals surface area contributed by atoms with Crippen molar-refractivity contribution >= 4 is 23.2 Å². The molecule has 0 aliphatic heterocycles. The van der Waals surface area contributed by atoms with Crippen LogP contribution in [0.1, 0.15) is 17.3 Å². The number of hydrogen-bond acceptors (Lipinski definition) is 1. The summed E-state index contributed by atoms with van der Waals surface area (Å²) in [6.07, 6.45) is 0. The van der Waals surface area contributed by atoms with Crippen molar-refractivity contribution in [2.45, 2.75) is 6.92 Å². The van der Waals surface area contributed by atoms with Gasteiger partial charge in [-0.2, -0.15) is 0 Å². The third-order valence-corrected chi connectivity index (χ3v) is 3.08. The number of para-hydroxylation sites is 1. The lowest BCUT2D eigenvalue weighted by Crippen LogP contribution is -2.32. The zero-order chi connectivity index (χ0) is 14.5. The van der Waals surface area contributed by atoms with Gasteiger partial charge in [-0.15, -0.1) is 0 Å². The number of carbonyl (C=O) groups excluding carboxylic acids is 1. The van der Waals surface area contributed by atoms with Crippen LogP contribution in [-0.2, 0) is 0 Å². The molecule has 2 aromatic carbocycles. The van der Waals surface area contributed by atoms with Crippen LogP contribution in [0.25, 0.3) is 0 Å². The number of benzene rings is 2. The Balaban J connectivity index is 2.34. The Labute approximate surface area is 124 Å². The summed E-state index contributed by atoms with van der Waals surface area (Å²) in [6, 6.07) is 16.5. The predicted molar refractivity (Wildman–Crippen MR) is 84.4 cm³/mol. The van der Waals surface area contributed by atoms with E-state index in [4.69, 9.17) is 11.6 Å². The van der Waals surface area contributed by atoms with Gasteiger partial charge in [-0.1, -0.05) is 42.0 Å². The molecule has 2 aromatic rings. The van der Waals surface area contributed by atoms with Crippen molar-refractivity contribution < 1.29 is 4.79 Å². The molecule has 3 heteroatoms. The average Bonchev–Trinajstić information content (AvgIpc) is 2.45. The first-order valence-electron chi connectivity index (χ1n) is 6.35. The van der Waals surface area contributed by atoms with Crippen molar-refractivity contribution in [3.05, 3.63) is 77.3 Å². The van der Waals surface area contributed by atoms with Crippen LogP contribution in [0.4, 0.5) is 5.69 Å². The normalized spacial score (nSPS) is 10.1. The molecule has 0 fully saturated rings. The number of carbonyl (C=O) groups is 1. The highest BCUT2D eigenvalue weighted by Gasteiger charge is 2.17. The molecule has 0 aromatic heterocycles. The monoisotopic (exact) mass is 285 g/mol. The van der Waals surface area contributed by atoms with Crippen molar-refractivity contribution in [1.29, 1.82) is 0 Å². The summed E-state index contributed by atoms with van der Waals surface area (Å²) in [5.74, 6) is -0.0594. The van der Waals surface area contributed by atoms with Crippen LogP contribution in [0.3, 0.4) is 0 Å². The van der Waals surface area contributed by atoms with Crippen molar-refractivity contribution in [3.8, 4) is 0 Å². The van der Waals surface area contributed by atoms with Gasteiger partial charge in [0.05, 0.1) is 0 Å². The van der Waals surface area contributed by atoms with E-state index < -0.39 is 0 Å². The molecule has 102 valence electrons. The lowest BCUT2D eigenvalue weighted by atomic mass is 10.1. The molecule has 0 atom stereocenters. The van der Waals surface area contributed by atoms with E-state index in [1.165, 1.54) is 0 Å². The van der Waals surface area contributed by atoms with Gasteiger partial charge in [0.15, 0.2) is 0 Å². The second-order valence-electron chi connectivity index (χ2n) is 4.69. The fourth-order valence-electron chi connectivity index (χ4n) is 1.91. The average molecular weight is 286 g/mol. The molecule has 0 saturated heterocycles. The largest absolute Gasteiger partial charge is 0.304 e. The summed E-state index contributed by atoms with van der Waals surface area (Å²) in [6.45, 7) is 6.29. The Kier molecular flexibility index (Phi) is 4.59. The summed E-state index contributed by atoms with van der Waals surface area (Å²) < 4.78 is 0. The smallest absolute Gasteiger partial charge is 0.258 e. The highest BCUT2D eigenvalue weighted by molar-refractivity contribution is 6.30. The Hall–Kier alpha value is -2.06. The molecule has 1 amide bonds. The van der Waals surface area contributed by atoms with Gasteiger partial charge in [-0.3, -0.25) is 4.79 Å². The van der Waals surface area contributed by atoms with E-state index in [1.54, 1.807) is 29.2 Å². The van der Waals surface area contributed by atoms with Crippen LogP contribution in [0.2, 0.25) is 5.02 Å². The lowest BCUT2D eigenvalue weighted by Gasteiger charge is -2.23. The van der Waals surface area contributed by atoms with Crippen molar-refractivity contribution in [2.75, 3.05) is 11.4 Å². The second kappa shape index (κ2) is 6.40. The Bertz CT molecular complexity index is 605. The molecule has 20 heavy (non-hydrogen) atoms. The molecular formula is C17H16ClNO. The van der Waals surface area contributed by atoms with Crippen LogP contribution in [-0.4, -0.2) is 12.5 Å². The minimum absolute atomic E-state index is 0.0594. The van der Waals surface area contributed by atoms with Gasteiger partial charge in [0, 0.05) is 22.8 Å². The van der Waals surface area contributed by atoms with Crippen molar-refractivity contribution in [3.63, 3.8) is 0 Å². The molecular weight excluding hydrogens is 270 g/mol. The van der Waals surface area contributed by atoms with Gasteiger partial charge in [-0.05, 0) is 43.3 Å². The third-order valence-electron chi connectivity index (χ3n) is 2.83. The van der Waals surface area contributed by atoms with Gasteiger partial charge >= 0.3 is 0 Å². The SMILES string of the molecule is C=C(C)CN(C(=O)c1ccc(Cl)cc1)c1ccccc1. The molecule has 0 aliphatic rings. The first-order chi connectivity index (χ1) is 9.58. The second-order valence-corrected chi connectivity index (χ2v) is 5.13. The minimum atomic E-state index is -0.0594. The van der Waals surface area contributed by atoms with Crippen LogP contribution >= 0.6 is 11.6 Å². The van der Waals surface area contributed by atoms with Gasteiger partial charge in [0.2, 0.25) is 0 Å². The van der Waals surface area contributed by atoms with E-state index in [0.29, 0.717) is 17.1 Å². The highest BCUT2D eigenvalue weighted by Crippen LogP contribution is 2.19. The quantitative estimate of drug-likeness (QED) is 0.754. The number of hydrogen-bond donors (Lipinski definition) is 0. The Morgan fingerprint density at radius 3 is 2.25 bits per heavy atom. The number of halogens is 1. The Morgan fingerprint density at radius 2 is 1.70 bits per heavy atom. The van der Waals surface area contributed by atoms with Gasteiger partial charge < -0.3 is 4.90 Å². The molecule has 0 bridgehead atoms. The van der Waals surface area contributed by atoms with Gasteiger partial charge in [0.1, 0.15) is 0 Å². The zero-order valence-corrected chi connectivity index (χ0v) is 12.1. The number of rotatable bonds is 4. The molecule has 2 rings (SSSR count). The van der Waals surface area contributed by atoms with E-state index in [9.17, 15) is 4.79 Å². The van der Waals surface area contributed by atoms with Gasteiger partial charge in [0.25, 0.3) is 5.91 Å². The highest BCUT2D eigenvalue weighted by atomic mass is 35.5. The van der Waals surface area contributed by atoms with Crippen LogP contribution in [0, 0.1) is 0 Å². The maximum atomic E-state index is 12.6. The summed E-state index contributed by atoms with van der Waals surface area (Å²) in [7, 11) is 0. The van der Waals surface area contributed by atoms with Gasteiger partial charge in [-0.25, -0.2) is 0 Å². The zero-order valence-electron chi connectivity index (χ0n) is 11.3. The van der Waals surface area contributed by atoms with Crippen molar-refractivity contribution in [2.24, 2.45) is 0 Å². The molecule has 0 saturated carbocycles. The van der Waals surface area contributed by atoms with E-state index in [2.05, 4.69) is 6.58 Å². The molecule has 0 unspecified atom stereocenters. The van der Waals surface area contributed by atoms with E-state index in [-0.39, 0.29) is 5.91 Å². The van der Waals surface area contributed by atoms with E-state index >= 15 is 0 Å². The molecule has 2 nitrogen and oxygen atoms in total. The molecule has 0 aliphatic carbocycles. The third kappa shape index (κ3) is 3.49. The van der Waals surface area contributed by atoms with Crippen LogP contribution in [0.15, 0.2) is 66.7 Å². The van der Waals surface area contributed by atoms with Crippen LogP contribution < -0.4 is 4.90 Å². The summed E-state index contributed by atoms with van der Waals surface area (Å²) in [4.78, 5) is 14.3. The topological polar surface area (TPSA) is 20.3 Å². The molecule has 0 heterocycles. The molecule has 0 spiro atoms. The lowest BCUT2D eigenvalue weighted by molar-refractivity contribution is 0.0989. The maximum Gasteiger partial charge on any atom is 0.258 e. The predicted octanol–water partition coefficient (Wildman–Crippen LogP) is 4.56. The summed E-state index contributed by atoms with van der Waals surface area (Å²) in [5.41, 5.74) is 2.39. The molecule has 0 N–H and O–H groups in total. The van der Waals surface area contributed by atoms with E-state index in [0.717, 1.165) is 11.3 Å². The van der Waals surface area contributed by atoms with Crippen LogP contribution in [0.5, 0.6) is 0 Å². The fraction of sp³-hybridized carbons (Fsp3) is 0.118. The number of nitrogens with zero attached hydrogens (tertiary/aromatic N) is 1. The first kappa shape index (κ1) is 14.4. The summed E-state index contributed by atoms with van der Waals surface area (Å²) in [5, 5.41) is 0.618. The maximum absolute atomic E-state index is 12.6. The minimum Gasteiger partial charge on any atom is -0.304 e. The standard InChI is InChI=1S/C17H16ClNO/c1-13(2)12-19(16-6-4-3-5-7-16)17(20)14-8-10-15(18)11-9-14/h3-11H,1,12H2,2H3. The van der Waals surface area contributed by atoms with Crippen molar-refractivity contribution in [1.82, 2.24) is 0 Å². The summed E-state index contributed by atoms with van der Waals surface area (Å²) >= 11 is 5.86.